The van der Waals surface area contributed by atoms with Crippen molar-refractivity contribution in [1.29, 1.82) is 0 Å². The highest BCUT2D eigenvalue weighted by atomic mass is 32.2. The third-order valence-electron chi connectivity index (χ3n) is 2.86. The minimum absolute atomic E-state index is 0.532. The number of nitrogens with one attached hydrogen (secondary N) is 1. The predicted molar refractivity (Wildman–Crippen MR) is 81.8 cm³/mol. The fraction of sp³-hybridized carbons (Fsp3) is 0.600. The first-order chi connectivity index (χ1) is 8.76. The van der Waals surface area contributed by atoms with Crippen molar-refractivity contribution >= 4 is 11.8 Å². The van der Waals surface area contributed by atoms with Crippen LogP contribution in [0.5, 0.6) is 5.75 Å². The van der Waals surface area contributed by atoms with E-state index in [-0.39, 0.29) is 0 Å². The zero-order chi connectivity index (χ0) is 13.2. The summed E-state index contributed by atoms with van der Waals surface area (Å²) in [6.45, 7) is 5.58. The number of hydrogen-bond acceptors (Lipinski definition) is 3. The van der Waals surface area contributed by atoms with Crippen LogP contribution >= 0.6 is 11.8 Å². The maximum absolute atomic E-state index is 5.16. The summed E-state index contributed by atoms with van der Waals surface area (Å²) in [4.78, 5) is 0. The third kappa shape index (κ3) is 6.31. The zero-order valence-electron chi connectivity index (χ0n) is 11.7. The molecule has 102 valence electrons. The van der Waals surface area contributed by atoms with E-state index >= 15 is 0 Å². The molecule has 0 saturated carbocycles. The van der Waals surface area contributed by atoms with E-state index < -0.39 is 0 Å². The van der Waals surface area contributed by atoms with E-state index in [4.69, 9.17) is 4.74 Å². The fourth-order valence-corrected chi connectivity index (χ4v) is 2.49. The topological polar surface area (TPSA) is 21.3 Å². The monoisotopic (exact) mass is 267 g/mol. The highest BCUT2D eigenvalue weighted by molar-refractivity contribution is 7.99. The second kappa shape index (κ2) is 9.29. The highest BCUT2D eigenvalue weighted by Gasteiger charge is 2.02. The van der Waals surface area contributed by atoms with Crippen LogP contribution < -0.4 is 10.1 Å². The van der Waals surface area contributed by atoms with Crippen LogP contribution in [0, 0.1) is 0 Å². The van der Waals surface area contributed by atoms with Crippen LogP contribution in [0.1, 0.15) is 25.8 Å². The molecule has 0 aliphatic rings. The lowest BCUT2D eigenvalue weighted by Gasteiger charge is -2.14. The Hall–Kier alpha value is -0.670. The maximum Gasteiger partial charge on any atom is 0.118 e. The van der Waals surface area contributed by atoms with E-state index in [1.165, 1.54) is 23.5 Å². The van der Waals surface area contributed by atoms with Crippen molar-refractivity contribution in [3.8, 4) is 5.75 Å². The molecular formula is C15H25NOS. The molecule has 1 N–H and O–H groups in total. The highest BCUT2D eigenvalue weighted by Crippen LogP contribution is 2.12. The van der Waals surface area contributed by atoms with E-state index in [2.05, 4.69) is 31.3 Å². The molecule has 0 amide bonds. The Bertz CT molecular complexity index is 313. The van der Waals surface area contributed by atoms with Gasteiger partial charge in [0.05, 0.1) is 7.11 Å². The van der Waals surface area contributed by atoms with E-state index in [1.807, 2.05) is 23.9 Å². The van der Waals surface area contributed by atoms with Crippen LogP contribution in [-0.2, 0) is 6.42 Å². The van der Waals surface area contributed by atoms with Crippen molar-refractivity contribution < 1.29 is 4.74 Å². The van der Waals surface area contributed by atoms with Crippen LogP contribution in [-0.4, -0.2) is 31.2 Å². The van der Waals surface area contributed by atoms with Crippen molar-refractivity contribution in [2.75, 3.05) is 25.2 Å². The molecule has 1 atom stereocenters. The van der Waals surface area contributed by atoms with Crippen molar-refractivity contribution in [3.63, 3.8) is 0 Å². The van der Waals surface area contributed by atoms with Crippen molar-refractivity contribution in [1.82, 2.24) is 5.32 Å². The number of rotatable bonds is 9. The molecule has 0 aromatic heterocycles. The maximum atomic E-state index is 5.16. The van der Waals surface area contributed by atoms with Gasteiger partial charge in [0.25, 0.3) is 0 Å². The summed E-state index contributed by atoms with van der Waals surface area (Å²) in [6.07, 6.45) is 2.33. The molecule has 1 rings (SSSR count). The van der Waals surface area contributed by atoms with Gasteiger partial charge < -0.3 is 10.1 Å². The molecule has 3 heteroatoms. The summed E-state index contributed by atoms with van der Waals surface area (Å²) in [6, 6.07) is 8.87. The molecule has 0 radical (unpaired) electrons. The van der Waals surface area contributed by atoms with Gasteiger partial charge in [0.1, 0.15) is 5.75 Å². The first-order valence-electron chi connectivity index (χ1n) is 6.70. The Morgan fingerprint density at radius 2 is 2.00 bits per heavy atom. The Balaban J connectivity index is 2.20. The van der Waals surface area contributed by atoms with Crippen molar-refractivity contribution in [3.05, 3.63) is 29.8 Å². The van der Waals surface area contributed by atoms with E-state index in [1.54, 1.807) is 7.11 Å². The van der Waals surface area contributed by atoms with E-state index in [0.29, 0.717) is 6.04 Å². The number of methoxy groups -OCH3 is 1. The normalized spacial score (nSPS) is 12.4. The minimum Gasteiger partial charge on any atom is -0.497 e. The molecule has 0 aliphatic heterocycles. The van der Waals surface area contributed by atoms with Crippen LogP contribution in [0.15, 0.2) is 24.3 Å². The largest absolute Gasteiger partial charge is 0.497 e. The predicted octanol–water partition coefficient (Wildman–Crippen LogP) is 3.36. The van der Waals surface area contributed by atoms with Gasteiger partial charge in [0.15, 0.2) is 0 Å². The molecule has 18 heavy (non-hydrogen) atoms. The van der Waals surface area contributed by atoms with Gasteiger partial charge in [-0.1, -0.05) is 19.1 Å². The molecule has 1 aromatic rings. The molecule has 0 bridgehead atoms. The number of thioether (sulfide) groups is 1. The number of benzene rings is 1. The van der Waals surface area contributed by atoms with Gasteiger partial charge in [-0.25, -0.2) is 0 Å². The summed E-state index contributed by atoms with van der Waals surface area (Å²) in [5.41, 5.74) is 1.36. The van der Waals surface area contributed by atoms with Gasteiger partial charge in [0.2, 0.25) is 0 Å². The molecule has 1 unspecified atom stereocenters. The Kier molecular flexibility index (Phi) is 7.94. The van der Waals surface area contributed by atoms with E-state index in [0.717, 1.165) is 18.7 Å². The fourth-order valence-electron chi connectivity index (χ4n) is 1.85. The lowest BCUT2D eigenvalue weighted by molar-refractivity contribution is 0.414. The molecule has 1 aromatic carbocycles. The SMILES string of the molecule is CCSCCCNC(C)Cc1ccc(OC)cc1. The second-order valence-corrected chi connectivity index (χ2v) is 5.85. The smallest absolute Gasteiger partial charge is 0.118 e. The standard InChI is InChI=1S/C15H25NOS/c1-4-18-11-5-10-16-13(2)12-14-6-8-15(17-3)9-7-14/h6-9,13,16H,4-5,10-12H2,1-3H3. The van der Waals surface area contributed by atoms with Gasteiger partial charge in [-0.05, 0) is 55.5 Å². The number of hydrogen-bond donors (Lipinski definition) is 1. The summed E-state index contributed by atoms with van der Waals surface area (Å²) < 4.78 is 5.16. The molecule has 2 nitrogen and oxygen atoms in total. The second-order valence-electron chi connectivity index (χ2n) is 4.46. The quantitative estimate of drug-likeness (QED) is 0.693. The summed E-state index contributed by atoms with van der Waals surface area (Å²) >= 11 is 2.01. The summed E-state index contributed by atoms with van der Waals surface area (Å²) in [5.74, 6) is 3.41. The van der Waals surface area contributed by atoms with Crippen LogP contribution in [0.4, 0.5) is 0 Å². The molecule has 0 aliphatic carbocycles. The third-order valence-corrected chi connectivity index (χ3v) is 3.85. The van der Waals surface area contributed by atoms with E-state index in [9.17, 15) is 0 Å². The average Bonchev–Trinajstić information content (AvgIpc) is 2.39. The molecule has 0 saturated heterocycles. The average molecular weight is 267 g/mol. The van der Waals surface area contributed by atoms with Gasteiger partial charge >= 0.3 is 0 Å². The lowest BCUT2D eigenvalue weighted by atomic mass is 10.1. The Morgan fingerprint density at radius 1 is 1.28 bits per heavy atom. The lowest BCUT2D eigenvalue weighted by Crippen LogP contribution is -2.29. The van der Waals surface area contributed by atoms with Gasteiger partial charge in [-0.15, -0.1) is 0 Å². The van der Waals surface area contributed by atoms with Gasteiger partial charge in [-0.3, -0.25) is 0 Å². The van der Waals surface area contributed by atoms with Crippen molar-refractivity contribution in [2.24, 2.45) is 0 Å². The van der Waals surface area contributed by atoms with Crippen LogP contribution in [0.2, 0.25) is 0 Å². The molecule has 0 spiro atoms. The van der Waals surface area contributed by atoms with Crippen LogP contribution in [0.3, 0.4) is 0 Å². The molecular weight excluding hydrogens is 242 g/mol. The first kappa shape index (κ1) is 15.4. The summed E-state index contributed by atoms with van der Waals surface area (Å²) in [5, 5.41) is 3.57. The molecule has 0 heterocycles. The van der Waals surface area contributed by atoms with Crippen LogP contribution in [0.25, 0.3) is 0 Å². The minimum atomic E-state index is 0.532. The van der Waals surface area contributed by atoms with Gasteiger partial charge in [0, 0.05) is 6.04 Å². The first-order valence-corrected chi connectivity index (χ1v) is 7.85. The Labute approximate surface area is 116 Å². The summed E-state index contributed by atoms with van der Waals surface area (Å²) in [7, 11) is 1.70. The number of ether oxygens (including phenoxy) is 1. The van der Waals surface area contributed by atoms with Crippen molar-refractivity contribution in [2.45, 2.75) is 32.7 Å². The Morgan fingerprint density at radius 3 is 2.61 bits per heavy atom. The molecule has 0 fully saturated rings. The zero-order valence-corrected chi connectivity index (χ0v) is 12.6. The van der Waals surface area contributed by atoms with Gasteiger partial charge in [-0.2, -0.15) is 11.8 Å².